The molecule has 4 aliphatic rings. The van der Waals surface area contributed by atoms with Crippen molar-refractivity contribution in [2.75, 3.05) is 6.61 Å². The molecule has 0 radical (unpaired) electrons. The normalized spacial score (nSPS) is 45.7. The molecule has 8 heteroatoms. The number of carboxylic acids is 1. The van der Waals surface area contributed by atoms with Crippen LogP contribution in [-0.4, -0.2) is 61.9 Å². The Morgan fingerprint density at radius 2 is 1.85 bits per heavy atom. The first kappa shape index (κ1) is 25.7. The third-order valence-corrected chi connectivity index (χ3v) is 9.09. The molecule has 0 bridgehead atoms. The Kier molecular flexibility index (Phi) is 6.54. The van der Waals surface area contributed by atoms with Gasteiger partial charge in [0, 0.05) is 23.2 Å². The number of aliphatic hydroxyl groups is 3. The topological polar surface area (TPSA) is 132 Å². The van der Waals surface area contributed by atoms with Crippen molar-refractivity contribution in [1.82, 2.24) is 0 Å². The average Bonchev–Trinajstić information content (AvgIpc) is 2.96. The van der Waals surface area contributed by atoms with E-state index in [1.54, 1.807) is 33.8 Å². The van der Waals surface area contributed by atoms with Gasteiger partial charge in [-0.25, -0.2) is 4.39 Å². The van der Waals surface area contributed by atoms with Gasteiger partial charge in [-0.1, -0.05) is 32.4 Å². The standard InChI is InChI=1S/C22H29FO5.C3H6O2/c1-12-8-16-15-5-4-13-9-14(25)6-7-19(13,2)21(15,23)17(26)10-20(16,3)22(12,28)18(27)11-24;1-2-3(4)5/h6-7,9,12,15-17,24,26,28H,4-5,8,10-11H2,1-3H3;2H2,1H3,(H,4,5)/t12-,15-,16-,17-,19-,20-,21-,22-;/m0./s1. The molecule has 4 aliphatic carbocycles. The Bertz CT molecular complexity index is 912. The van der Waals surface area contributed by atoms with Gasteiger partial charge in [-0.3, -0.25) is 14.4 Å². The fourth-order valence-electron chi connectivity index (χ4n) is 7.26. The lowest BCUT2D eigenvalue weighted by Crippen LogP contribution is -2.69. The van der Waals surface area contributed by atoms with Crippen molar-refractivity contribution >= 4 is 17.5 Å². The molecule has 0 heterocycles. The third-order valence-electron chi connectivity index (χ3n) is 9.09. The van der Waals surface area contributed by atoms with Crippen LogP contribution < -0.4 is 0 Å². The first-order valence-corrected chi connectivity index (χ1v) is 11.6. The van der Waals surface area contributed by atoms with Crippen molar-refractivity contribution in [3.05, 3.63) is 23.8 Å². The van der Waals surface area contributed by atoms with Crippen molar-refractivity contribution in [2.24, 2.45) is 28.6 Å². The van der Waals surface area contributed by atoms with Crippen LogP contribution in [0.3, 0.4) is 0 Å². The number of ketones is 2. The molecule has 4 N–H and O–H groups in total. The van der Waals surface area contributed by atoms with E-state index in [1.165, 1.54) is 12.2 Å². The van der Waals surface area contributed by atoms with Crippen molar-refractivity contribution in [2.45, 2.75) is 77.2 Å². The summed E-state index contributed by atoms with van der Waals surface area (Å²) in [5, 5.41) is 39.7. The van der Waals surface area contributed by atoms with Gasteiger partial charge in [0.15, 0.2) is 17.2 Å². The number of aliphatic carboxylic acids is 1. The first-order chi connectivity index (χ1) is 15.2. The van der Waals surface area contributed by atoms with Crippen LogP contribution >= 0.6 is 0 Å². The molecular formula is C25H35FO7. The van der Waals surface area contributed by atoms with Crippen LogP contribution in [0.1, 0.15) is 59.8 Å². The summed E-state index contributed by atoms with van der Waals surface area (Å²) in [6.45, 7) is 6.08. The monoisotopic (exact) mass is 466 g/mol. The minimum atomic E-state index is -1.98. The van der Waals surface area contributed by atoms with E-state index in [4.69, 9.17) is 5.11 Å². The van der Waals surface area contributed by atoms with Crippen LogP contribution in [0.25, 0.3) is 0 Å². The zero-order valence-electron chi connectivity index (χ0n) is 19.7. The van der Waals surface area contributed by atoms with Gasteiger partial charge in [0.05, 0.1) is 6.10 Å². The van der Waals surface area contributed by atoms with Gasteiger partial charge >= 0.3 is 5.97 Å². The zero-order valence-corrected chi connectivity index (χ0v) is 19.7. The molecule has 33 heavy (non-hydrogen) atoms. The Morgan fingerprint density at radius 1 is 1.24 bits per heavy atom. The Morgan fingerprint density at radius 3 is 2.39 bits per heavy atom. The molecule has 8 atom stereocenters. The molecule has 4 rings (SSSR count). The highest BCUT2D eigenvalue weighted by Crippen LogP contribution is 2.70. The second kappa shape index (κ2) is 8.40. The molecule has 0 aromatic carbocycles. The SMILES string of the molecule is CCC(=O)O.C[C@H]1C[C@H]2[C@@H]3CCC4=CC(=O)C=C[C@]4(C)[C@@]3(F)[C@@H](O)C[C@]2(C)[C@@]1(O)C(=O)CO. The lowest BCUT2D eigenvalue weighted by molar-refractivity contribution is -0.219. The van der Waals surface area contributed by atoms with E-state index in [9.17, 15) is 29.7 Å². The first-order valence-electron chi connectivity index (χ1n) is 11.6. The van der Waals surface area contributed by atoms with Crippen LogP contribution in [0.5, 0.6) is 0 Å². The molecule has 0 aromatic heterocycles. The van der Waals surface area contributed by atoms with E-state index in [0.29, 0.717) is 24.8 Å². The van der Waals surface area contributed by atoms with Crippen molar-refractivity contribution < 1.29 is 39.2 Å². The van der Waals surface area contributed by atoms with Crippen LogP contribution in [0.15, 0.2) is 23.8 Å². The highest BCUT2D eigenvalue weighted by molar-refractivity contribution is 6.01. The van der Waals surface area contributed by atoms with Crippen molar-refractivity contribution in [1.29, 1.82) is 0 Å². The van der Waals surface area contributed by atoms with Gasteiger partial charge in [0.2, 0.25) is 0 Å². The molecule has 0 saturated heterocycles. The van der Waals surface area contributed by atoms with E-state index in [-0.39, 0.29) is 24.5 Å². The molecule has 184 valence electrons. The minimum Gasteiger partial charge on any atom is -0.481 e. The van der Waals surface area contributed by atoms with Crippen LogP contribution in [0.4, 0.5) is 4.39 Å². The number of Topliss-reactive ketones (excluding diaryl/α,β-unsaturated/α-hetero) is 1. The molecular weight excluding hydrogens is 431 g/mol. The van der Waals surface area contributed by atoms with Crippen LogP contribution in [-0.2, 0) is 14.4 Å². The minimum absolute atomic E-state index is 0.0676. The zero-order chi connectivity index (χ0) is 25.0. The van der Waals surface area contributed by atoms with E-state index < -0.39 is 58.4 Å². The Hall–Kier alpha value is -1.90. The highest BCUT2D eigenvalue weighted by atomic mass is 19.1. The molecule has 3 saturated carbocycles. The average molecular weight is 467 g/mol. The molecule has 0 spiro atoms. The van der Waals surface area contributed by atoms with E-state index in [2.05, 4.69) is 0 Å². The maximum Gasteiger partial charge on any atom is 0.303 e. The second-order valence-corrected chi connectivity index (χ2v) is 10.5. The summed E-state index contributed by atoms with van der Waals surface area (Å²) in [5.41, 5.74) is -5.17. The number of carbonyl (C=O) groups is 3. The molecule has 0 unspecified atom stereocenters. The predicted molar refractivity (Wildman–Crippen MR) is 118 cm³/mol. The number of rotatable bonds is 3. The number of alkyl halides is 1. The van der Waals surface area contributed by atoms with Crippen LogP contribution in [0, 0.1) is 28.6 Å². The van der Waals surface area contributed by atoms with Crippen LogP contribution in [0.2, 0.25) is 0 Å². The van der Waals surface area contributed by atoms with Gasteiger partial charge in [-0.2, -0.15) is 0 Å². The molecule has 0 aromatic rings. The Balaban J connectivity index is 0.000000555. The molecule has 3 fully saturated rings. The number of hydrogen-bond acceptors (Lipinski definition) is 6. The van der Waals surface area contributed by atoms with Gasteiger partial charge in [0.25, 0.3) is 0 Å². The molecule has 0 aliphatic heterocycles. The summed E-state index contributed by atoms with van der Waals surface area (Å²) in [7, 11) is 0. The summed E-state index contributed by atoms with van der Waals surface area (Å²) >= 11 is 0. The fraction of sp³-hybridized carbons (Fsp3) is 0.720. The lowest BCUT2D eigenvalue weighted by Gasteiger charge is -2.62. The summed E-state index contributed by atoms with van der Waals surface area (Å²) < 4.78 is 16.9. The van der Waals surface area contributed by atoms with Crippen molar-refractivity contribution in [3.8, 4) is 0 Å². The van der Waals surface area contributed by atoms with Crippen molar-refractivity contribution in [3.63, 3.8) is 0 Å². The summed E-state index contributed by atoms with van der Waals surface area (Å²) in [6, 6.07) is 0. The maximum atomic E-state index is 16.9. The number of aliphatic hydroxyl groups excluding tert-OH is 2. The fourth-order valence-corrected chi connectivity index (χ4v) is 7.26. The summed E-state index contributed by atoms with van der Waals surface area (Å²) in [4.78, 5) is 33.7. The number of carbonyl (C=O) groups excluding carboxylic acids is 2. The third kappa shape index (κ3) is 3.36. The number of halogens is 1. The van der Waals surface area contributed by atoms with E-state index in [0.717, 1.165) is 0 Å². The maximum absolute atomic E-state index is 16.9. The highest BCUT2D eigenvalue weighted by Gasteiger charge is 2.75. The molecule has 7 nitrogen and oxygen atoms in total. The number of hydrogen-bond donors (Lipinski definition) is 4. The second-order valence-electron chi connectivity index (χ2n) is 10.5. The number of fused-ring (bicyclic) bond motifs is 5. The van der Waals surface area contributed by atoms with E-state index in [1.807, 2.05) is 0 Å². The Labute approximate surface area is 193 Å². The quantitative estimate of drug-likeness (QED) is 0.502. The largest absolute Gasteiger partial charge is 0.481 e. The number of allylic oxidation sites excluding steroid dienone is 4. The van der Waals surface area contributed by atoms with Gasteiger partial charge in [-0.05, 0) is 56.6 Å². The number of carboxylic acid groups (broad SMARTS) is 1. The summed E-state index contributed by atoms with van der Waals surface area (Å²) in [6.07, 6.45) is 4.66. The van der Waals surface area contributed by atoms with Gasteiger partial charge in [-0.15, -0.1) is 0 Å². The van der Waals surface area contributed by atoms with Gasteiger partial charge in [0.1, 0.15) is 12.2 Å². The van der Waals surface area contributed by atoms with E-state index >= 15 is 4.39 Å². The van der Waals surface area contributed by atoms with Gasteiger partial charge < -0.3 is 20.4 Å². The molecule has 0 amide bonds. The summed E-state index contributed by atoms with van der Waals surface area (Å²) in [5.74, 6) is -2.86. The predicted octanol–water partition coefficient (Wildman–Crippen LogP) is 2.38. The lowest BCUT2D eigenvalue weighted by atomic mass is 9.44. The smallest absolute Gasteiger partial charge is 0.303 e.